The molecular weight excluding hydrogens is 298 g/mol. The quantitative estimate of drug-likeness (QED) is 0.740. The van der Waals surface area contributed by atoms with Crippen molar-refractivity contribution in [1.29, 1.82) is 0 Å². The highest BCUT2D eigenvalue weighted by molar-refractivity contribution is 5.92. The van der Waals surface area contributed by atoms with Crippen molar-refractivity contribution >= 4 is 11.5 Å². The first kappa shape index (κ1) is 16.6. The number of esters is 1. The van der Waals surface area contributed by atoms with Crippen molar-refractivity contribution in [2.24, 2.45) is 0 Å². The number of hydrogen-bond donors (Lipinski definition) is 0. The van der Waals surface area contributed by atoms with Gasteiger partial charge < -0.3 is 4.74 Å². The number of halogens is 2. The molecule has 0 N–H and O–H groups in total. The van der Waals surface area contributed by atoms with Gasteiger partial charge in [-0.25, -0.2) is 13.6 Å². The van der Waals surface area contributed by atoms with E-state index in [0.717, 1.165) is 0 Å². The lowest BCUT2D eigenvalue weighted by atomic mass is 9.95. The summed E-state index contributed by atoms with van der Waals surface area (Å²) in [7, 11) is 0. The zero-order valence-corrected chi connectivity index (χ0v) is 12.8. The van der Waals surface area contributed by atoms with Crippen molar-refractivity contribution in [3.8, 4) is 0 Å². The van der Waals surface area contributed by atoms with Crippen molar-refractivity contribution in [2.75, 3.05) is 0 Å². The second-order valence-corrected chi connectivity index (χ2v) is 4.45. The van der Waals surface area contributed by atoms with Gasteiger partial charge in [0.05, 0.1) is 0 Å². The summed E-state index contributed by atoms with van der Waals surface area (Å²) < 4.78 is 33.2. The largest absolute Gasteiger partial charge is 0.423 e. The van der Waals surface area contributed by atoms with Crippen LogP contribution < -0.4 is 0 Å². The zero-order valence-electron chi connectivity index (χ0n) is 12.8. The van der Waals surface area contributed by atoms with Gasteiger partial charge in [0.1, 0.15) is 17.4 Å². The fourth-order valence-corrected chi connectivity index (χ4v) is 2.19. The molecule has 1 aliphatic heterocycles. The number of cyclic esters (lactones) is 1. The van der Waals surface area contributed by atoms with Gasteiger partial charge in [-0.3, -0.25) is 0 Å². The fraction of sp³-hybridized carbons (Fsp3) is 0.105. The number of benzene rings is 2. The third-order valence-corrected chi connectivity index (χ3v) is 3.11. The topological polar surface area (TPSA) is 26.3 Å². The molecule has 0 fully saturated rings. The first-order valence-electron chi connectivity index (χ1n) is 7.31. The molecule has 2 aromatic carbocycles. The summed E-state index contributed by atoms with van der Waals surface area (Å²) >= 11 is 0. The predicted octanol–water partition coefficient (Wildman–Crippen LogP) is 4.86. The van der Waals surface area contributed by atoms with Crippen molar-refractivity contribution in [3.63, 3.8) is 0 Å². The summed E-state index contributed by atoms with van der Waals surface area (Å²) in [5.74, 6) is -1.45. The van der Waals surface area contributed by atoms with Crippen LogP contribution in [0.4, 0.5) is 8.78 Å². The van der Waals surface area contributed by atoms with E-state index < -0.39 is 17.6 Å². The molecule has 1 aliphatic rings. The number of hydrogen-bond acceptors (Lipinski definition) is 2. The average Bonchev–Trinajstić information content (AvgIpc) is 2.99. The van der Waals surface area contributed by atoms with Crippen LogP contribution in [0.3, 0.4) is 0 Å². The van der Waals surface area contributed by atoms with Crippen LogP contribution in [-0.2, 0) is 9.53 Å². The molecular formula is C19H16F2O2. The SMILES string of the molecule is CC.O=C1C=CC(=C(c2ccccc2F)c2ccccc2F)O1. The number of rotatable bonds is 2. The Morgan fingerprint density at radius 3 is 1.70 bits per heavy atom. The summed E-state index contributed by atoms with van der Waals surface area (Å²) in [5.41, 5.74) is 0.571. The zero-order chi connectivity index (χ0) is 16.8. The summed E-state index contributed by atoms with van der Waals surface area (Å²) in [5, 5.41) is 0. The average molecular weight is 314 g/mol. The summed E-state index contributed by atoms with van der Waals surface area (Å²) in [6, 6.07) is 11.9. The van der Waals surface area contributed by atoms with Crippen molar-refractivity contribution in [3.05, 3.63) is 89.2 Å². The normalized spacial score (nSPS) is 12.5. The minimum atomic E-state index is -0.560. The monoisotopic (exact) mass is 314 g/mol. The molecule has 0 bridgehead atoms. The molecule has 0 unspecified atom stereocenters. The van der Waals surface area contributed by atoms with E-state index in [-0.39, 0.29) is 22.5 Å². The molecule has 118 valence electrons. The Morgan fingerprint density at radius 2 is 1.30 bits per heavy atom. The molecule has 0 amide bonds. The van der Waals surface area contributed by atoms with E-state index in [1.54, 1.807) is 24.3 Å². The van der Waals surface area contributed by atoms with Crippen molar-refractivity contribution in [1.82, 2.24) is 0 Å². The summed E-state index contributed by atoms with van der Waals surface area (Å²) in [4.78, 5) is 11.3. The first-order valence-corrected chi connectivity index (χ1v) is 7.31. The molecule has 0 atom stereocenters. The van der Waals surface area contributed by atoms with Crippen LogP contribution in [0.25, 0.3) is 5.57 Å². The van der Waals surface area contributed by atoms with Crippen LogP contribution >= 0.6 is 0 Å². The highest BCUT2D eigenvalue weighted by Gasteiger charge is 2.22. The van der Waals surface area contributed by atoms with Gasteiger partial charge in [-0.05, 0) is 18.2 Å². The van der Waals surface area contributed by atoms with Crippen LogP contribution in [0, 0.1) is 11.6 Å². The van der Waals surface area contributed by atoms with E-state index in [4.69, 9.17) is 4.74 Å². The van der Waals surface area contributed by atoms with Gasteiger partial charge in [0.2, 0.25) is 0 Å². The van der Waals surface area contributed by atoms with Crippen LogP contribution in [0.15, 0.2) is 66.4 Å². The second-order valence-electron chi connectivity index (χ2n) is 4.45. The Bertz CT molecular complexity index is 729. The molecule has 0 saturated heterocycles. The van der Waals surface area contributed by atoms with Gasteiger partial charge in [0.15, 0.2) is 0 Å². The molecule has 0 spiro atoms. The second kappa shape index (κ2) is 7.49. The number of allylic oxidation sites excluding steroid dienone is 1. The maximum atomic E-state index is 14.1. The highest BCUT2D eigenvalue weighted by atomic mass is 19.1. The van der Waals surface area contributed by atoms with Crippen LogP contribution in [-0.4, -0.2) is 5.97 Å². The molecule has 3 rings (SSSR count). The lowest BCUT2D eigenvalue weighted by Gasteiger charge is -2.12. The minimum Gasteiger partial charge on any atom is -0.423 e. The van der Waals surface area contributed by atoms with E-state index in [2.05, 4.69) is 0 Å². The van der Waals surface area contributed by atoms with Crippen LogP contribution in [0.1, 0.15) is 25.0 Å². The third-order valence-electron chi connectivity index (χ3n) is 3.11. The maximum Gasteiger partial charge on any atom is 0.336 e. The highest BCUT2D eigenvalue weighted by Crippen LogP contribution is 2.33. The fourth-order valence-electron chi connectivity index (χ4n) is 2.19. The Hall–Kier alpha value is -2.75. The number of carbonyl (C=O) groups is 1. The third kappa shape index (κ3) is 3.54. The van der Waals surface area contributed by atoms with E-state index in [9.17, 15) is 13.6 Å². The van der Waals surface area contributed by atoms with E-state index in [0.29, 0.717) is 0 Å². The molecule has 0 aliphatic carbocycles. The molecule has 2 nitrogen and oxygen atoms in total. The molecule has 1 heterocycles. The van der Waals surface area contributed by atoms with Gasteiger partial charge in [-0.2, -0.15) is 0 Å². The van der Waals surface area contributed by atoms with Crippen LogP contribution in [0.2, 0.25) is 0 Å². The van der Waals surface area contributed by atoms with Crippen molar-refractivity contribution < 1.29 is 18.3 Å². The standard InChI is InChI=1S/C17H10F2O2.C2H6/c18-13-7-3-1-5-11(13)17(15-9-10-16(20)21-15)12-6-2-4-8-14(12)19;1-2/h1-10H;1-2H3. The van der Waals surface area contributed by atoms with Gasteiger partial charge >= 0.3 is 5.97 Å². The molecule has 4 heteroatoms. The van der Waals surface area contributed by atoms with Gasteiger partial charge in [-0.1, -0.05) is 50.2 Å². The molecule has 2 aromatic rings. The molecule has 0 saturated carbocycles. The Labute approximate surface area is 133 Å². The van der Waals surface area contributed by atoms with Crippen LogP contribution in [0.5, 0.6) is 0 Å². The van der Waals surface area contributed by atoms with E-state index in [1.807, 2.05) is 13.8 Å². The summed E-state index contributed by atoms with van der Waals surface area (Å²) in [6.07, 6.45) is 2.63. The summed E-state index contributed by atoms with van der Waals surface area (Å²) in [6.45, 7) is 4.00. The predicted molar refractivity (Wildman–Crippen MR) is 85.4 cm³/mol. The maximum absolute atomic E-state index is 14.1. The smallest absolute Gasteiger partial charge is 0.336 e. The minimum absolute atomic E-state index is 0.134. The molecule has 0 radical (unpaired) electrons. The Kier molecular flexibility index (Phi) is 5.41. The Balaban J connectivity index is 0.000000924. The number of carbonyl (C=O) groups excluding carboxylic acids is 1. The molecule has 0 aromatic heterocycles. The lowest BCUT2D eigenvalue weighted by Crippen LogP contribution is -2.01. The van der Waals surface area contributed by atoms with Gasteiger partial charge in [0, 0.05) is 22.8 Å². The molecule has 23 heavy (non-hydrogen) atoms. The van der Waals surface area contributed by atoms with E-state index >= 15 is 0 Å². The van der Waals surface area contributed by atoms with Gasteiger partial charge in [-0.15, -0.1) is 0 Å². The Morgan fingerprint density at radius 1 is 0.826 bits per heavy atom. The lowest BCUT2D eigenvalue weighted by molar-refractivity contribution is -0.132. The number of ether oxygens (including phenoxy) is 1. The van der Waals surface area contributed by atoms with Gasteiger partial charge in [0.25, 0.3) is 0 Å². The first-order chi connectivity index (χ1) is 11.2. The van der Waals surface area contributed by atoms with Crippen molar-refractivity contribution in [2.45, 2.75) is 13.8 Å². The van der Waals surface area contributed by atoms with E-state index in [1.165, 1.54) is 36.4 Å².